The fourth-order valence-corrected chi connectivity index (χ4v) is 13.0. The van der Waals surface area contributed by atoms with Crippen molar-refractivity contribution in [1.82, 2.24) is 0 Å². The predicted molar refractivity (Wildman–Crippen MR) is 400 cm³/mol. The maximum absolute atomic E-state index is 13.1. The zero-order valence-electron chi connectivity index (χ0n) is 63.0. The molecule has 3 N–H and O–H groups in total. The van der Waals surface area contributed by atoms with Crippen LogP contribution in [0.15, 0.2) is 36.5 Å². The lowest BCUT2D eigenvalue weighted by Gasteiger charge is -2.21. The Hall–Kier alpha value is -2.72. The van der Waals surface area contributed by atoms with Crippen LogP contribution in [0.1, 0.15) is 387 Å². The minimum Gasteiger partial charge on any atom is -0.462 e. The third-order valence-electron chi connectivity index (χ3n) is 17.6. The van der Waals surface area contributed by atoms with Gasteiger partial charge in [0.15, 0.2) is 12.2 Å². The summed E-state index contributed by atoms with van der Waals surface area (Å²) in [6.07, 6.45) is 68.3. The molecule has 0 radical (unpaired) electrons. The van der Waals surface area contributed by atoms with Gasteiger partial charge in [-0.2, -0.15) is 0 Å². The zero-order valence-corrected chi connectivity index (χ0v) is 64.8. The Balaban J connectivity index is 5.32. The fraction of sp³-hybridized carbons (Fsp3) is 0.873. The second-order valence-electron chi connectivity index (χ2n) is 27.4. The topological polar surface area (TPSA) is 237 Å². The highest BCUT2D eigenvalue weighted by atomic mass is 31.2. The summed E-state index contributed by atoms with van der Waals surface area (Å²) in [5.41, 5.74) is 0. The van der Waals surface area contributed by atoms with Crippen LogP contribution < -0.4 is 0 Å². The first-order chi connectivity index (χ1) is 47.7. The number of esters is 4. The van der Waals surface area contributed by atoms with E-state index in [1.807, 2.05) is 0 Å². The number of carbonyl (C=O) groups excluding carboxylic acids is 4. The molecule has 0 spiro atoms. The van der Waals surface area contributed by atoms with E-state index in [-0.39, 0.29) is 25.7 Å². The van der Waals surface area contributed by atoms with Crippen molar-refractivity contribution in [3.05, 3.63) is 36.5 Å². The second-order valence-corrected chi connectivity index (χ2v) is 30.3. The quantitative estimate of drug-likeness (QED) is 0.0169. The summed E-state index contributed by atoms with van der Waals surface area (Å²) in [5.74, 6) is -2.16. The SMILES string of the molecule is CCCCCCCC/C=C\CCCCCCCC(=O)OCC(COP(=O)(O)OCC(O)COP(=O)(O)OCC(COC(=O)CCCCCCC/C=C\CCCCCCCC)OC(=O)CCCCCCCCCCCCCCC)OC(=O)CCCCCCC/C=C\CCCCCCCC. The number of phosphoric ester groups is 2. The highest BCUT2D eigenvalue weighted by Gasteiger charge is 2.30. The molecule has 0 aliphatic carbocycles. The van der Waals surface area contributed by atoms with Gasteiger partial charge in [-0.25, -0.2) is 9.13 Å². The van der Waals surface area contributed by atoms with Crippen molar-refractivity contribution in [2.45, 2.75) is 406 Å². The summed E-state index contributed by atoms with van der Waals surface area (Å²) >= 11 is 0. The average molecular weight is 1430 g/mol. The van der Waals surface area contributed by atoms with E-state index in [4.69, 9.17) is 37.0 Å². The predicted octanol–water partition coefficient (Wildman–Crippen LogP) is 23.1. The molecule has 0 aromatic rings. The molecule has 17 nitrogen and oxygen atoms in total. The summed E-state index contributed by atoms with van der Waals surface area (Å²) < 4.78 is 68.6. The Morgan fingerprint density at radius 3 is 0.704 bits per heavy atom. The number of unbranched alkanes of at least 4 members (excludes halogenated alkanes) is 45. The number of rotatable bonds is 77. The van der Waals surface area contributed by atoms with Crippen LogP contribution in [0.25, 0.3) is 0 Å². The van der Waals surface area contributed by atoms with Gasteiger partial charge in [-0.05, 0) is 103 Å². The van der Waals surface area contributed by atoms with Crippen molar-refractivity contribution in [2.24, 2.45) is 0 Å². The van der Waals surface area contributed by atoms with Gasteiger partial charge in [-0.3, -0.25) is 37.3 Å². The van der Waals surface area contributed by atoms with Gasteiger partial charge in [0.25, 0.3) is 0 Å². The van der Waals surface area contributed by atoms with Crippen molar-refractivity contribution in [3.8, 4) is 0 Å². The van der Waals surface area contributed by atoms with Crippen molar-refractivity contribution >= 4 is 39.5 Å². The van der Waals surface area contributed by atoms with Gasteiger partial charge < -0.3 is 33.8 Å². The Kier molecular flexibility index (Phi) is 70.6. The molecule has 0 amide bonds. The number of aliphatic hydroxyl groups excluding tert-OH is 1. The van der Waals surface area contributed by atoms with E-state index >= 15 is 0 Å². The molecule has 5 atom stereocenters. The number of aliphatic hydroxyl groups is 1. The third-order valence-corrected chi connectivity index (χ3v) is 19.5. The maximum atomic E-state index is 13.1. The molecule has 0 aromatic heterocycles. The molecular weight excluding hydrogens is 1280 g/mol. The number of hydrogen-bond donors (Lipinski definition) is 3. The minimum absolute atomic E-state index is 0.0898. The van der Waals surface area contributed by atoms with E-state index in [1.54, 1.807) is 0 Å². The molecule has 0 saturated heterocycles. The number of ether oxygens (including phenoxy) is 4. The summed E-state index contributed by atoms with van der Waals surface area (Å²) in [6, 6.07) is 0. The van der Waals surface area contributed by atoms with Crippen LogP contribution in [-0.2, 0) is 65.4 Å². The number of phosphoric acid groups is 2. The standard InChI is InChI=1S/C79H148O17P2/c1-5-9-13-17-21-25-29-33-36-40-43-47-51-55-59-63-76(81)89-69-74(95-78(83)65-61-57-53-49-45-39-32-28-24-20-16-12-8-4)71-93-97(85,86)91-67-73(80)68-92-98(87,88)94-72-75(96-79(84)66-62-58-54-50-46-42-38-35-31-27-23-19-15-11-7-3)70-90-77(82)64-60-56-52-48-44-41-37-34-30-26-22-18-14-10-6-2/h33-38,73-75,80H,5-32,39-72H2,1-4H3,(H,85,86)(H,87,88)/b36-33-,37-34-,38-35-. The first-order valence-corrected chi connectivity index (χ1v) is 43.2. The second kappa shape index (κ2) is 72.6. The van der Waals surface area contributed by atoms with E-state index < -0.39 is 97.5 Å². The minimum atomic E-state index is -4.97. The summed E-state index contributed by atoms with van der Waals surface area (Å²) in [5, 5.41) is 10.6. The normalized spacial score (nSPS) is 14.1. The molecule has 0 saturated carbocycles. The molecule has 0 fully saturated rings. The van der Waals surface area contributed by atoms with E-state index in [2.05, 4.69) is 64.2 Å². The molecule has 5 unspecified atom stereocenters. The molecule has 0 aliphatic heterocycles. The lowest BCUT2D eigenvalue weighted by molar-refractivity contribution is -0.161. The van der Waals surface area contributed by atoms with Crippen LogP contribution in [0.3, 0.4) is 0 Å². The number of carbonyl (C=O) groups is 4. The number of allylic oxidation sites excluding steroid dienone is 6. The van der Waals surface area contributed by atoms with Gasteiger partial charge in [0.1, 0.15) is 19.3 Å². The first kappa shape index (κ1) is 95.3. The van der Waals surface area contributed by atoms with Crippen molar-refractivity contribution in [2.75, 3.05) is 39.6 Å². The lowest BCUT2D eigenvalue weighted by Crippen LogP contribution is -2.30. The molecule has 0 rings (SSSR count). The molecule has 98 heavy (non-hydrogen) atoms. The Morgan fingerprint density at radius 1 is 0.276 bits per heavy atom. The van der Waals surface area contributed by atoms with Gasteiger partial charge in [-0.15, -0.1) is 0 Å². The van der Waals surface area contributed by atoms with Crippen LogP contribution in [-0.4, -0.2) is 96.7 Å². The van der Waals surface area contributed by atoms with Crippen LogP contribution in [0, 0.1) is 0 Å². The van der Waals surface area contributed by atoms with Gasteiger partial charge in [0.05, 0.1) is 26.4 Å². The fourth-order valence-electron chi connectivity index (χ4n) is 11.4. The zero-order chi connectivity index (χ0) is 71.8. The summed E-state index contributed by atoms with van der Waals surface area (Å²) in [4.78, 5) is 72.9. The molecule has 19 heteroatoms. The van der Waals surface area contributed by atoms with Gasteiger partial charge in [0, 0.05) is 25.7 Å². The monoisotopic (exact) mass is 1430 g/mol. The van der Waals surface area contributed by atoms with Gasteiger partial charge >= 0.3 is 39.5 Å². The highest BCUT2D eigenvalue weighted by molar-refractivity contribution is 7.47. The molecule has 576 valence electrons. The Labute approximate surface area is 598 Å². The maximum Gasteiger partial charge on any atom is 0.472 e. The molecular formula is C79H148O17P2. The van der Waals surface area contributed by atoms with Gasteiger partial charge in [-0.1, -0.05) is 295 Å². The van der Waals surface area contributed by atoms with Crippen molar-refractivity contribution in [1.29, 1.82) is 0 Å². The Bertz CT molecular complexity index is 2000. The Morgan fingerprint density at radius 2 is 0.469 bits per heavy atom. The molecule has 0 heterocycles. The molecule has 0 aliphatic rings. The van der Waals surface area contributed by atoms with E-state index in [1.165, 1.54) is 167 Å². The van der Waals surface area contributed by atoms with E-state index in [0.717, 1.165) is 141 Å². The average Bonchev–Trinajstić information content (AvgIpc) is 1.04. The summed E-state index contributed by atoms with van der Waals surface area (Å²) in [7, 11) is -9.93. The van der Waals surface area contributed by atoms with Crippen molar-refractivity contribution < 1.29 is 80.2 Å². The lowest BCUT2D eigenvalue weighted by atomic mass is 10.0. The smallest absolute Gasteiger partial charge is 0.462 e. The largest absolute Gasteiger partial charge is 0.472 e. The summed E-state index contributed by atoms with van der Waals surface area (Å²) in [6.45, 7) is 4.92. The van der Waals surface area contributed by atoms with Gasteiger partial charge in [0.2, 0.25) is 0 Å². The number of hydrogen-bond acceptors (Lipinski definition) is 15. The molecule has 0 bridgehead atoms. The molecule has 0 aromatic carbocycles. The van der Waals surface area contributed by atoms with Crippen LogP contribution >= 0.6 is 15.6 Å². The van der Waals surface area contributed by atoms with Crippen LogP contribution in [0.5, 0.6) is 0 Å². The van der Waals surface area contributed by atoms with Crippen LogP contribution in [0.2, 0.25) is 0 Å². The van der Waals surface area contributed by atoms with E-state index in [9.17, 15) is 43.2 Å². The third kappa shape index (κ3) is 71.7. The first-order valence-electron chi connectivity index (χ1n) is 40.2. The van der Waals surface area contributed by atoms with E-state index in [0.29, 0.717) is 25.7 Å². The van der Waals surface area contributed by atoms with Crippen LogP contribution in [0.4, 0.5) is 0 Å². The van der Waals surface area contributed by atoms with Crippen molar-refractivity contribution in [3.63, 3.8) is 0 Å². The highest BCUT2D eigenvalue weighted by Crippen LogP contribution is 2.45.